The molecule has 0 aliphatic rings. The van der Waals surface area contributed by atoms with Gasteiger partial charge in [-0.15, -0.1) is 4.85 Å². The standard InChI is InChI=1S/C12H7N5O5/c18-15-9-6-7-10(16(19)20)12(17(21)22)11(9)13-14(15)8-4-2-1-3-5-8/h1-7H. The number of nitro groups is 2. The van der Waals surface area contributed by atoms with Crippen molar-refractivity contribution in [1.82, 2.24) is 9.90 Å². The summed E-state index contributed by atoms with van der Waals surface area (Å²) in [6, 6.07) is 10.3. The summed E-state index contributed by atoms with van der Waals surface area (Å²) in [5, 5.41) is 38.1. The summed E-state index contributed by atoms with van der Waals surface area (Å²) in [5.74, 6) is 0. The van der Waals surface area contributed by atoms with Gasteiger partial charge >= 0.3 is 16.9 Å². The molecule has 0 atom stereocenters. The van der Waals surface area contributed by atoms with Crippen LogP contribution >= 0.6 is 0 Å². The maximum Gasteiger partial charge on any atom is 0.403 e. The zero-order valence-electron chi connectivity index (χ0n) is 10.8. The molecule has 1 aromatic heterocycles. The molecule has 0 radical (unpaired) electrons. The van der Waals surface area contributed by atoms with Crippen LogP contribution in [0.15, 0.2) is 42.5 Å². The van der Waals surface area contributed by atoms with E-state index in [0.717, 1.165) is 16.9 Å². The predicted molar refractivity (Wildman–Crippen MR) is 73.3 cm³/mol. The molecule has 3 rings (SSSR count). The van der Waals surface area contributed by atoms with E-state index >= 15 is 0 Å². The van der Waals surface area contributed by atoms with Crippen LogP contribution in [-0.2, 0) is 0 Å². The summed E-state index contributed by atoms with van der Waals surface area (Å²) in [6.07, 6.45) is 0. The first kappa shape index (κ1) is 13.4. The highest BCUT2D eigenvalue weighted by Crippen LogP contribution is 2.32. The van der Waals surface area contributed by atoms with E-state index in [9.17, 15) is 25.4 Å². The summed E-state index contributed by atoms with van der Waals surface area (Å²) in [5.41, 5.74) is -1.59. The molecule has 0 amide bonds. The first-order valence-corrected chi connectivity index (χ1v) is 6.00. The highest BCUT2D eigenvalue weighted by molar-refractivity contribution is 5.87. The van der Waals surface area contributed by atoms with Gasteiger partial charge in [0.1, 0.15) is 5.69 Å². The van der Waals surface area contributed by atoms with E-state index < -0.39 is 21.2 Å². The zero-order chi connectivity index (χ0) is 15.9. The summed E-state index contributed by atoms with van der Waals surface area (Å²) >= 11 is 0. The second-order valence-electron chi connectivity index (χ2n) is 4.31. The monoisotopic (exact) mass is 301 g/mol. The zero-order valence-corrected chi connectivity index (χ0v) is 10.8. The highest BCUT2D eigenvalue weighted by Gasteiger charge is 2.35. The Morgan fingerprint density at radius 2 is 1.68 bits per heavy atom. The minimum Gasteiger partial charge on any atom is -0.692 e. The van der Waals surface area contributed by atoms with Crippen LogP contribution in [0.3, 0.4) is 0 Å². The number of para-hydroxylation sites is 1. The Kier molecular flexibility index (Phi) is 2.91. The molecule has 0 spiro atoms. The number of benzene rings is 2. The van der Waals surface area contributed by atoms with Crippen LogP contribution in [0.5, 0.6) is 0 Å². The minimum absolute atomic E-state index is 0.124. The fourth-order valence-corrected chi connectivity index (χ4v) is 2.10. The molecule has 0 fully saturated rings. The Hall–Kier alpha value is -3.56. The molecule has 2 aromatic carbocycles. The number of hydrogen-bond donors (Lipinski definition) is 0. The number of aromatic nitrogens is 3. The van der Waals surface area contributed by atoms with Crippen molar-refractivity contribution in [2.75, 3.05) is 0 Å². The number of nitrogens with zero attached hydrogens (tertiary/aromatic N) is 5. The smallest absolute Gasteiger partial charge is 0.403 e. The van der Waals surface area contributed by atoms with Crippen LogP contribution < -0.4 is 4.85 Å². The maximum absolute atomic E-state index is 12.2. The van der Waals surface area contributed by atoms with Gasteiger partial charge in [-0.05, 0) is 23.0 Å². The van der Waals surface area contributed by atoms with Gasteiger partial charge in [-0.2, -0.15) is 0 Å². The maximum atomic E-state index is 12.2. The quantitative estimate of drug-likeness (QED) is 0.311. The Morgan fingerprint density at radius 1 is 1.00 bits per heavy atom. The predicted octanol–water partition coefficient (Wildman–Crippen LogP) is 1.48. The van der Waals surface area contributed by atoms with Crippen molar-refractivity contribution in [1.29, 1.82) is 0 Å². The molecule has 0 aliphatic carbocycles. The average Bonchev–Trinajstić information content (AvgIpc) is 2.84. The molecule has 3 aromatic rings. The van der Waals surface area contributed by atoms with E-state index in [1.165, 1.54) is 0 Å². The minimum atomic E-state index is -0.914. The Labute approximate surface area is 121 Å². The van der Waals surface area contributed by atoms with Crippen molar-refractivity contribution >= 4 is 22.4 Å². The lowest BCUT2D eigenvalue weighted by molar-refractivity contribution is -0.664. The summed E-state index contributed by atoms with van der Waals surface area (Å²) < 4.78 is 0. The molecular weight excluding hydrogens is 294 g/mol. The van der Waals surface area contributed by atoms with Crippen molar-refractivity contribution in [3.05, 3.63) is 67.9 Å². The Balaban J connectivity index is 2.37. The van der Waals surface area contributed by atoms with Crippen LogP contribution in [0, 0.1) is 25.4 Å². The van der Waals surface area contributed by atoms with E-state index in [0.29, 0.717) is 10.5 Å². The first-order chi connectivity index (χ1) is 10.5. The number of nitro benzene ring substituents is 2. The van der Waals surface area contributed by atoms with E-state index in [-0.39, 0.29) is 11.0 Å². The average molecular weight is 301 g/mol. The SMILES string of the molecule is O=[N+]([O-])c1ccc2c(nn(-c3ccccc3)[n+]2[O-])c1[N+](=O)[O-]. The van der Waals surface area contributed by atoms with Gasteiger partial charge in [-0.1, -0.05) is 18.2 Å². The van der Waals surface area contributed by atoms with Gasteiger partial charge in [0, 0.05) is 6.07 Å². The van der Waals surface area contributed by atoms with E-state index in [1.54, 1.807) is 30.3 Å². The van der Waals surface area contributed by atoms with Gasteiger partial charge < -0.3 is 5.21 Å². The third kappa shape index (κ3) is 1.90. The number of fused-ring (bicyclic) bond motifs is 1. The van der Waals surface area contributed by atoms with Crippen molar-refractivity contribution in [2.24, 2.45) is 0 Å². The lowest BCUT2D eigenvalue weighted by Gasteiger charge is -2.02. The molecule has 0 bridgehead atoms. The highest BCUT2D eigenvalue weighted by atomic mass is 16.6. The van der Waals surface area contributed by atoms with Gasteiger partial charge in [-0.3, -0.25) is 20.2 Å². The van der Waals surface area contributed by atoms with Gasteiger partial charge in [0.15, 0.2) is 0 Å². The normalized spacial score (nSPS) is 10.7. The fourth-order valence-electron chi connectivity index (χ4n) is 2.10. The lowest BCUT2D eigenvalue weighted by Crippen LogP contribution is -2.37. The van der Waals surface area contributed by atoms with Gasteiger partial charge in [0.25, 0.3) is 0 Å². The van der Waals surface area contributed by atoms with Crippen molar-refractivity contribution < 1.29 is 14.7 Å². The van der Waals surface area contributed by atoms with Crippen LogP contribution in [0.25, 0.3) is 16.7 Å². The van der Waals surface area contributed by atoms with E-state index in [2.05, 4.69) is 5.10 Å². The molecular formula is C12H7N5O5. The van der Waals surface area contributed by atoms with E-state index in [4.69, 9.17) is 0 Å². The second kappa shape index (κ2) is 4.77. The molecule has 10 heteroatoms. The fraction of sp³-hybridized carbons (Fsp3) is 0. The van der Waals surface area contributed by atoms with Gasteiger partial charge in [0.05, 0.1) is 14.9 Å². The Bertz CT molecular complexity index is 905. The van der Waals surface area contributed by atoms with Gasteiger partial charge in [0.2, 0.25) is 5.52 Å². The molecule has 0 saturated heterocycles. The Morgan fingerprint density at radius 3 is 2.27 bits per heavy atom. The number of hydrogen-bond acceptors (Lipinski definition) is 6. The van der Waals surface area contributed by atoms with Crippen molar-refractivity contribution in [2.45, 2.75) is 0 Å². The van der Waals surface area contributed by atoms with Crippen molar-refractivity contribution in [3.8, 4) is 5.69 Å². The third-order valence-corrected chi connectivity index (χ3v) is 3.05. The molecule has 1 heterocycles. The molecule has 0 saturated carbocycles. The topological polar surface area (TPSA) is 131 Å². The van der Waals surface area contributed by atoms with E-state index in [1.807, 2.05) is 0 Å². The third-order valence-electron chi connectivity index (χ3n) is 3.05. The van der Waals surface area contributed by atoms with Crippen LogP contribution in [-0.4, -0.2) is 19.7 Å². The molecule has 22 heavy (non-hydrogen) atoms. The summed E-state index contributed by atoms with van der Waals surface area (Å²) in [6.45, 7) is 0. The molecule has 110 valence electrons. The van der Waals surface area contributed by atoms with Gasteiger partial charge in [-0.25, -0.2) is 0 Å². The van der Waals surface area contributed by atoms with Crippen LogP contribution in [0.4, 0.5) is 11.4 Å². The second-order valence-corrected chi connectivity index (χ2v) is 4.31. The van der Waals surface area contributed by atoms with Crippen molar-refractivity contribution in [3.63, 3.8) is 0 Å². The lowest BCUT2D eigenvalue weighted by atomic mass is 10.2. The first-order valence-electron chi connectivity index (χ1n) is 6.00. The van der Waals surface area contributed by atoms with Crippen LogP contribution in [0.2, 0.25) is 0 Å². The summed E-state index contributed by atoms with van der Waals surface area (Å²) in [4.78, 5) is 21.5. The molecule has 0 unspecified atom stereocenters. The summed E-state index contributed by atoms with van der Waals surface area (Å²) in [7, 11) is 0. The van der Waals surface area contributed by atoms with Crippen LogP contribution in [0.1, 0.15) is 0 Å². The largest absolute Gasteiger partial charge is 0.692 e. The number of rotatable bonds is 3. The molecule has 10 nitrogen and oxygen atoms in total. The molecule has 0 aliphatic heterocycles. The molecule has 0 N–H and O–H groups in total.